The van der Waals surface area contributed by atoms with Crippen molar-refractivity contribution in [1.29, 1.82) is 0 Å². The van der Waals surface area contributed by atoms with Crippen molar-refractivity contribution in [2.75, 3.05) is 6.54 Å². The van der Waals surface area contributed by atoms with Gasteiger partial charge in [-0.3, -0.25) is 0 Å². The molecule has 14 nitrogen and oxygen atoms in total. The highest BCUT2D eigenvalue weighted by molar-refractivity contribution is 5.69. The standard InChI is InChI=1S/C17H30N10O4/c1-15(2,3)30-13(28)18-10-9-17(12-22-26-27-23-12,8-7-11-20-24-25-21-11)19-14(29)31-16(4,5)6/h7-10H2,1-6H3,(H,18,28)(H,19,29)(H,20,21,24,25)(H,22,23,26,27). The lowest BCUT2D eigenvalue weighted by atomic mass is 9.88. The van der Waals surface area contributed by atoms with Crippen LogP contribution in [0.4, 0.5) is 9.59 Å². The number of amides is 2. The molecule has 0 bridgehead atoms. The van der Waals surface area contributed by atoms with E-state index in [1.54, 1.807) is 41.5 Å². The van der Waals surface area contributed by atoms with Crippen molar-refractivity contribution in [3.63, 3.8) is 0 Å². The maximum absolute atomic E-state index is 12.6. The Hall–Kier alpha value is -3.32. The molecular weight excluding hydrogens is 408 g/mol. The molecule has 0 spiro atoms. The summed E-state index contributed by atoms with van der Waals surface area (Å²) >= 11 is 0. The summed E-state index contributed by atoms with van der Waals surface area (Å²) in [6.07, 6.45) is -0.304. The van der Waals surface area contributed by atoms with Gasteiger partial charge < -0.3 is 20.1 Å². The number of ether oxygens (including phenoxy) is 2. The molecule has 0 aliphatic carbocycles. The van der Waals surface area contributed by atoms with Crippen LogP contribution in [0.3, 0.4) is 0 Å². The second kappa shape index (κ2) is 9.66. The summed E-state index contributed by atoms with van der Waals surface area (Å²) in [7, 11) is 0. The van der Waals surface area contributed by atoms with E-state index in [2.05, 4.69) is 51.9 Å². The van der Waals surface area contributed by atoms with Crippen LogP contribution in [0.15, 0.2) is 0 Å². The molecule has 1 unspecified atom stereocenters. The van der Waals surface area contributed by atoms with E-state index in [0.29, 0.717) is 24.5 Å². The quantitative estimate of drug-likeness (QED) is 0.463. The molecule has 0 fully saturated rings. The van der Waals surface area contributed by atoms with Crippen molar-refractivity contribution in [2.45, 2.75) is 77.5 Å². The minimum atomic E-state index is -1.10. The summed E-state index contributed by atoms with van der Waals surface area (Å²) < 4.78 is 10.7. The number of tetrazole rings is 2. The number of aromatic amines is 2. The van der Waals surface area contributed by atoms with Gasteiger partial charge in [-0.2, -0.15) is 0 Å². The molecule has 172 valence electrons. The number of carbonyl (C=O) groups is 2. The SMILES string of the molecule is CC(C)(C)OC(=O)NCCC(CCc1nnn[nH]1)(NC(=O)OC(C)(C)C)c1nnn[nH]1. The Balaban J connectivity index is 2.21. The van der Waals surface area contributed by atoms with Gasteiger partial charge >= 0.3 is 12.2 Å². The number of alkyl carbamates (subject to hydrolysis) is 2. The maximum Gasteiger partial charge on any atom is 0.408 e. The van der Waals surface area contributed by atoms with Gasteiger partial charge in [0.15, 0.2) is 5.82 Å². The van der Waals surface area contributed by atoms with Crippen LogP contribution in [0.25, 0.3) is 0 Å². The van der Waals surface area contributed by atoms with Crippen molar-refractivity contribution in [1.82, 2.24) is 51.9 Å². The molecular formula is C17H30N10O4. The molecule has 2 heterocycles. The van der Waals surface area contributed by atoms with Crippen LogP contribution in [0.2, 0.25) is 0 Å². The fourth-order valence-corrected chi connectivity index (χ4v) is 2.72. The van der Waals surface area contributed by atoms with Crippen molar-refractivity contribution in [2.24, 2.45) is 0 Å². The third-order valence-electron chi connectivity index (χ3n) is 3.94. The number of nitrogens with one attached hydrogen (secondary N) is 4. The van der Waals surface area contributed by atoms with Crippen molar-refractivity contribution >= 4 is 12.2 Å². The summed E-state index contributed by atoms with van der Waals surface area (Å²) in [5, 5.41) is 33.2. The van der Waals surface area contributed by atoms with Crippen molar-refractivity contribution < 1.29 is 19.1 Å². The van der Waals surface area contributed by atoms with Gasteiger partial charge in [-0.25, -0.2) is 19.8 Å². The molecule has 2 aromatic rings. The number of aryl methyl sites for hydroxylation is 1. The molecule has 2 amide bonds. The average molecular weight is 438 g/mol. The number of aromatic nitrogens is 8. The van der Waals surface area contributed by atoms with Gasteiger partial charge in [0.25, 0.3) is 0 Å². The largest absolute Gasteiger partial charge is 0.444 e. The minimum absolute atomic E-state index is 0.167. The molecule has 0 aromatic carbocycles. The molecule has 0 radical (unpaired) electrons. The van der Waals surface area contributed by atoms with Gasteiger partial charge in [-0.05, 0) is 75.2 Å². The predicted octanol–water partition coefficient (Wildman–Crippen LogP) is 0.980. The van der Waals surface area contributed by atoms with Crippen LogP contribution < -0.4 is 10.6 Å². The molecule has 4 N–H and O–H groups in total. The summed E-state index contributed by atoms with van der Waals surface area (Å²) in [6, 6.07) is 0. The number of carbonyl (C=O) groups excluding carboxylic acids is 2. The fourth-order valence-electron chi connectivity index (χ4n) is 2.72. The van der Waals surface area contributed by atoms with Crippen molar-refractivity contribution in [3.05, 3.63) is 11.6 Å². The van der Waals surface area contributed by atoms with Gasteiger partial charge in [0.2, 0.25) is 0 Å². The first-order valence-corrected chi connectivity index (χ1v) is 9.83. The van der Waals surface area contributed by atoms with Gasteiger partial charge in [0.1, 0.15) is 22.6 Å². The van der Waals surface area contributed by atoms with E-state index in [-0.39, 0.29) is 13.0 Å². The van der Waals surface area contributed by atoms with Crippen LogP contribution in [-0.4, -0.2) is 71.2 Å². The molecule has 2 rings (SSSR count). The fraction of sp³-hybridized carbons (Fsp3) is 0.765. The topological polar surface area (TPSA) is 186 Å². The van der Waals surface area contributed by atoms with Crippen molar-refractivity contribution in [3.8, 4) is 0 Å². The molecule has 1 atom stereocenters. The zero-order valence-electron chi connectivity index (χ0n) is 18.6. The van der Waals surface area contributed by atoms with E-state index in [4.69, 9.17) is 9.47 Å². The number of rotatable bonds is 8. The van der Waals surface area contributed by atoms with E-state index in [1.165, 1.54) is 0 Å². The average Bonchev–Trinajstić information content (AvgIpc) is 3.30. The lowest BCUT2D eigenvalue weighted by Gasteiger charge is -2.33. The summed E-state index contributed by atoms with van der Waals surface area (Å²) in [4.78, 5) is 24.7. The third kappa shape index (κ3) is 8.14. The second-order valence-corrected chi connectivity index (χ2v) is 8.99. The second-order valence-electron chi connectivity index (χ2n) is 8.99. The Labute approximate surface area is 179 Å². The van der Waals surface area contributed by atoms with Crippen LogP contribution in [-0.2, 0) is 21.4 Å². The van der Waals surface area contributed by atoms with E-state index in [0.717, 1.165) is 0 Å². The molecule has 14 heteroatoms. The monoisotopic (exact) mass is 438 g/mol. The van der Waals surface area contributed by atoms with Crippen LogP contribution in [0.5, 0.6) is 0 Å². The predicted molar refractivity (Wildman–Crippen MR) is 107 cm³/mol. The van der Waals surface area contributed by atoms with Gasteiger partial charge in [-0.15, -0.1) is 10.2 Å². The van der Waals surface area contributed by atoms with Gasteiger partial charge in [0.05, 0.1) is 0 Å². The Morgan fingerprint density at radius 1 is 0.871 bits per heavy atom. The molecule has 0 aliphatic heterocycles. The zero-order chi connectivity index (χ0) is 23.1. The van der Waals surface area contributed by atoms with Gasteiger partial charge in [-0.1, -0.05) is 0 Å². The minimum Gasteiger partial charge on any atom is -0.444 e. The van der Waals surface area contributed by atoms with E-state index in [9.17, 15) is 9.59 Å². The highest BCUT2D eigenvalue weighted by Gasteiger charge is 2.39. The Morgan fingerprint density at radius 2 is 1.48 bits per heavy atom. The Bertz CT molecular complexity index is 826. The van der Waals surface area contributed by atoms with E-state index < -0.39 is 28.9 Å². The van der Waals surface area contributed by atoms with E-state index in [1.807, 2.05) is 0 Å². The smallest absolute Gasteiger partial charge is 0.408 e. The number of H-pyrrole nitrogens is 2. The maximum atomic E-state index is 12.6. The van der Waals surface area contributed by atoms with Crippen LogP contribution in [0.1, 0.15) is 66.0 Å². The normalized spacial score (nSPS) is 13.9. The third-order valence-corrected chi connectivity index (χ3v) is 3.94. The highest BCUT2D eigenvalue weighted by Crippen LogP contribution is 2.28. The highest BCUT2D eigenvalue weighted by atomic mass is 16.6. The summed E-state index contributed by atoms with van der Waals surface area (Å²) in [6.45, 7) is 10.8. The number of nitrogens with zero attached hydrogens (tertiary/aromatic N) is 6. The van der Waals surface area contributed by atoms with Gasteiger partial charge in [0, 0.05) is 13.0 Å². The first kappa shape index (κ1) is 24.0. The Morgan fingerprint density at radius 3 is 2.03 bits per heavy atom. The summed E-state index contributed by atoms with van der Waals surface area (Å²) in [5.74, 6) is 0.819. The molecule has 0 saturated carbocycles. The first-order valence-electron chi connectivity index (χ1n) is 9.83. The Kier molecular flexibility index (Phi) is 7.46. The summed E-state index contributed by atoms with van der Waals surface area (Å²) in [5.41, 5.74) is -2.45. The molecule has 31 heavy (non-hydrogen) atoms. The van der Waals surface area contributed by atoms with E-state index >= 15 is 0 Å². The lowest BCUT2D eigenvalue weighted by molar-refractivity contribution is 0.0425. The lowest BCUT2D eigenvalue weighted by Crippen LogP contribution is -2.50. The molecule has 0 saturated heterocycles. The zero-order valence-corrected chi connectivity index (χ0v) is 18.6. The van der Waals surface area contributed by atoms with Crippen LogP contribution >= 0.6 is 0 Å². The number of hydrogen-bond donors (Lipinski definition) is 4. The molecule has 2 aromatic heterocycles. The van der Waals surface area contributed by atoms with Crippen LogP contribution in [0, 0.1) is 0 Å². The molecule has 0 aliphatic rings. The first-order chi connectivity index (χ1) is 14.4. The number of hydrogen-bond acceptors (Lipinski definition) is 10.